The van der Waals surface area contributed by atoms with E-state index in [4.69, 9.17) is 15.2 Å². The van der Waals surface area contributed by atoms with E-state index < -0.39 is 0 Å². The van der Waals surface area contributed by atoms with Gasteiger partial charge in [0.25, 0.3) is 0 Å². The van der Waals surface area contributed by atoms with E-state index in [0.29, 0.717) is 6.10 Å². The lowest BCUT2D eigenvalue weighted by atomic mass is 9.79. The molecule has 1 unspecified atom stereocenters. The lowest BCUT2D eigenvalue weighted by molar-refractivity contribution is 0.218. The molecule has 3 rings (SSSR count). The van der Waals surface area contributed by atoms with Gasteiger partial charge in [-0.3, -0.25) is 0 Å². The molecule has 2 N–H and O–H groups in total. The molecule has 2 aliphatic rings. The summed E-state index contributed by atoms with van der Waals surface area (Å²) in [5, 5.41) is 0. The van der Waals surface area contributed by atoms with Crippen LogP contribution in [0.3, 0.4) is 0 Å². The minimum atomic E-state index is 0.148. The Hall–Kier alpha value is -0.870. The van der Waals surface area contributed by atoms with Crippen LogP contribution in [-0.4, -0.2) is 31.3 Å². The monoisotopic (exact) mass is 307 g/mol. The van der Waals surface area contributed by atoms with Crippen LogP contribution in [0.25, 0.3) is 0 Å². The number of hydrogen-bond donors (Lipinski definition) is 1. The van der Waals surface area contributed by atoms with Crippen molar-refractivity contribution in [2.75, 3.05) is 25.2 Å². The highest BCUT2D eigenvalue weighted by molar-refractivity contribution is 7.99. The van der Waals surface area contributed by atoms with E-state index in [2.05, 4.69) is 18.2 Å². The molecule has 1 aliphatic carbocycles. The summed E-state index contributed by atoms with van der Waals surface area (Å²) in [6, 6.07) is 6.42. The van der Waals surface area contributed by atoms with Crippen LogP contribution in [0.1, 0.15) is 37.7 Å². The van der Waals surface area contributed by atoms with Crippen molar-refractivity contribution in [1.82, 2.24) is 0 Å². The minimum absolute atomic E-state index is 0.148. The predicted octanol–water partition coefficient (Wildman–Crippen LogP) is 3.35. The number of ether oxygens (including phenoxy) is 2. The molecule has 1 heterocycles. The standard InChI is InChI=1S/C17H25NO2S/c1-19-16-10-13(17(12-18)7-2-3-8-17)4-5-15(16)20-14-6-9-21-11-14/h4-5,10,14H,2-3,6-9,11-12,18H2,1H3. The van der Waals surface area contributed by atoms with E-state index in [-0.39, 0.29) is 5.41 Å². The van der Waals surface area contributed by atoms with Gasteiger partial charge in [0.15, 0.2) is 11.5 Å². The van der Waals surface area contributed by atoms with Gasteiger partial charge in [0, 0.05) is 17.7 Å². The lowest BCUT2D eigenvalue weighted by Crippen LogP contribution is -2.32. The summed E-state index contributed by atoms with van der Waals surface area (Å²) in [5.41, 5.74) is 7.55. The Morgan fingerprint density at radius 3 is 2.71 bits per heavy atom. The third kappa shape index (κ3) is 3.02. The highest BCUT2D eigenvalue weighted by Crippen LogP contribution is 2.43. The molecule has 3 nitrogen and oxygen atoms in total. The first kappa shape index (κ1) is 15.0. The van der Waals surface area contributed by atoms with Crippen molar-refractivity contribution in [2.45, 2.75) is 43.6 Å². The van der Waals surface area contributed by atoms with E-state index >= 15 is 0 Å². The molecule has 0 amide bonds. The number of nitrogens with two attached hydrogens (primary N) is 1. The maximum Gasteiger partial charge on any atom is 0.161 e. The molecular weight excluding hydrogens is 282 g/mol. The Balaban J connectivity index is 1.84. The van der Waals surface area contributed by atoms with E-state index in [0.717, 1.165) is 30.2 Å². The molecule has 0 spiro atoms. The summed E-state index contributed by atoms with van der Waals surface area (Å²) in [6.45, 7) is 0.718. The molecule has 0 bridgehead atoms. The molecular formula is C17H25NO2S. The minimum Gasteiger partial charge on any atom is -0.493 e. The van der Waals surface area contributed by atoms with Gasteiger partial charge in [-0.1, -0.05) is 18.9 Å². The van der Waals surface area contributed by atoms with Gasteiger partial charge in [0.1, 0.15) is 6.10 Å². The van der Waals surface area contributed by atoms with Gasteiger partial charge in [-0.15, -0.1) is 0 Å². The Labute approximate surface area is 131 Å². The largest absolute Gasteiger partial charge is 0.493 e. The predicted molar refractivity (Wildman–Crippen MR) is 88.6 cm³/mol. The Morgan fingerprint density at radius 1 is 1.29 bits per heavy atom. The average Bonchev–Trinajstić information content (AvgIpc) is 3.19. The third-order valence-corrected chi connectivity index (χ3v) is 6.04. The van der Waals surface area contributed by atoms with Crippen molar-refractivity contribution in [1.29, 1.82) is 0 Å². The molecule has 116 valence electrons. The van der Waals surface area contributed by atoms with Gasteiger partial charge < -0.3 is 15.2 Å². The summed E-state index contributed by atoms with van der Waals surface area (Å²) in [5.74, 6) is 4.00. The average molecular weight is 307 g/mol. The van der Waals surface area contributed by atoms with Crippen LogP contribution < -0.4 is 15.2 Å². The van der Waals surface area contributed by atoms with Gasteiger partial charge in [-0.25, -0.2) is 0 Å². The van der Waals surface area contributed by atoms with Crippen molar-refractivity contribution in [3.05, 3.63) is 23.8 Å². The van der Waals surface area contributed by atoms with Gasteiger partial charge in [-0.2, -0.15) is 11.8 Å². The second kappa shape index (κ2) is 6.49. The second-order valence-corrected chi connectivity index (χ2v) is 7.31. The fourth-order valence-corrected chi connectivity index (χ4v) is 4.64. The first-order valence-corrected chi connectivity index (χ1v) is 9.06. The summed E-state index contributed by atoms with van der Waals surface area (Å²) < 4.78 is 11.7. The zero-order chi connectivity index (χ0) is 14.7. The molecule has 1 atom stereocenters. The normalized spacial score (nSPS) is 24.2. The van der Waals surface area contributed by atoms with Crippen LogP contribution in [0.4, 0.5) is 0 Å². The Bertz CT molecular complexity index is 480. The first-order chi connectivity index (χ1) is 10.3. The number of methoxy groups -OCH3 is 1. The highest BCUT2D eigenvalue weighted by Gasteiger charge is 2.35. The van der Waals surface area contributed by atoms with Crippen LogP contribution in [0.2, 0.25) is 0 Å². The van der Waals surface area contributed by atoms with Crippen LogP contribution in [0.5, 0.6) is 11.5 Å². The summed E-state index contributed by atoms with van der Waals surface area (Å²) in [4.78, 5) is 0. The summed E-state index contributed by atoms with van der Waals surface area (Å²) >= 11 is 1.96. The first-order valence-electron chi connectivity index (χ1n) is 7.90. The number of benzene rings is 1. The number of rotatable bonds is 5. The van der Waals surface area contributed by atoms with Crippen LogP contribution in [-0.2, 0) is 5.41 Å². The zero-order valence-electron chi connectivity index (χ0n) is 12.8. The SMILES string of the molecule is COc1cc(C2(CN)CCCC2)ccc1OC1CCSC1. The molecule has 1 aliphatic heterocycles. The van der Waals surface area contributed by atoms with Crippen LogP contribution in [0, 0.1) is 0 Å². The zero-order valence-corrected chi connectivity index (χ0v) is 13.6. The number of thioether (sulfide) groups is 1. The molecule has 1 aromatic rings. The molecule has 21 heavy (non-hydrogen) atoms. The maximum absolute atomic E-state index is 6.10. The van der Waals surface area contributed by atoms with E-state index in [1.807, 2.05) is 11.8 Å². The Kier molecular flexibility index (Phi) is 4.65. The summed E-state index contributed by atoms with van der Waals surface area (Å²) in [7, 11) is 1.72. The quantitative estimate of drug-likeness (QED) is 0.906. The molecule has 1 saturated heterocycles. The smallest absolute Gasteiger partial charge is 0.161 e. The van der Waals surface area contributed by atoms with Crippen molar-refractivity contribution in [3.8, 4) is 11.5 Å². The summed E-state index contributed by atoms with van der Waals surface area (Å²) in [6.07, 6.45) is 6.37. The molecule has 4 heteroatoms. The maximum atomic E-state index is 6.10. The van der Waals surface area contributed by atoms with Crippen molar-refractivity contribution in [3.63, 3.8) is 0 Å². The third-order valence-electron chi connectivity index (χ3n) is 4.91. The molecule has 1 aromatic carbocycles. The van der Waals surface area contributed by atoms with Gasteiger partial charge in [0.2, 0.25) is 0 Å². The number of hydrogen-bond acceptors (Lipinski definition) is 4. The molecule has 1 saturated carbocycles. The molecule has 0 radical (unpaired) electrons. The van der Waals surface area contributed by atoms with Gasteiger partial charge in [0.05, 0.1) is 7.11 Å². The second-order valence-electron chi connectivity index (χ2n) is 6.16. The topological polar surface area (TPSA) is 44.5 Å². The lowest BCUT2D eigenvalue weighted by Gasteiger charge is -2.28. The highest BCUT2D eigenvalue weighted by atomic mass is 32.2. The fourth-order valence-electron chi connectivity index (χ4n) is 3.54. The van der Waals surface area contributed by atoms with Crippen LogP contribution >= 0.6 is 11.8 Å². The van der Waals surface area contributed by atoms with E-state index in [9.17, 15) is 0 Å². The van der Waals surface area contributed by atoms with E-state index in [1.54, 1.807) is 7.11 Å². The van der Waals surface area contributed by atoms with Crippen molar-refractivity contribution < 1.29 is 9.47 Å². The van der Waals surface area contributed by atoms with Crippen LogP contribution in [0.15, 0.2) is 18.2 Å². The fraction of sp³-hybridized carbons (Fsp3) is 0.647. The Morgan fingerprint density at radius 2 is 2.10 bits per heavy atom. The van der Waals surface area contributed by atoms with Crippen molar-refractivity contribution >= 4 is 11.8 Å². The van der Waals surface area contributed by atoms with Gasteiger partial charge in [-0.05, 0) is 42.7 Å². The van der Waals surface area contributed by atoms with E-state index in [1.165, 1.54) is 37.0 Å². The van der Waals surface area contributed by atoms with Crippen molar-refractivity contribution in [2.24, 2.45) is 5.73 Å². The molecule has 0 aromatic heterocycles. The van der Waals surface area contributed by atoms with Gasteiger partial charge >= 0.3 is 0 Å². The molecule has 2 fully saturated rings.